The fraction of sp³-hybridized carbons (Fsp3) is 0. The Labute approximate surface area is 289 Å². The average Bonchev–Trinajstić information content (AvgIpc) is 3.54. The second kappa shape index (κ2) is 11.5. The topological polar surface area (TPSA) is 21.1 Å². The summed E-state index contributed by atoms with van der Waals surface area (Å²) in [5, 5.41) is 9.90. The summed E-state index contributed by atoms with van der Waals surface area (Å²) in [5.41, 5.74) is 8.65. The zero-order valence-electron chi connectivity index (χ0n) is 27.2. The number of pyridine rings is 1. The Morgan fingerprint density at radius 3 is 1.86 bits per heavy atom. The Kier molecular flexibility index (Phi) is 6.49. The summed E-state index contributed by atoms with van der Waals surface area (Å²) in [6.07, 6.45) is 2.01. The van der Waals surface area contributed by atoms with E-state index in [9.17, 15) is 0 Å². The minimum atomic E-state index is 0.947. The van der Waals surface area contributed by atoms with Gasteiger partial charge in [-0.15, -0.1) is 0 Å². The Bertz CT molecular complexity index is 2850. The van der Waals surface area contributed by atoms with Crippen LogP contribution in [0.3, 0.4) is 0 Å². The van der Waals surface area contributed by atoms with Gasteiger partial charge in [0.05, 0.1) is 34.3 Å². The lowest BCUT2D eigenvalue weighted by Gasteiger charge is -2.27. The van der Waals surface area contributed by atoms with Crippen molar-refractivity contribution in [2.24, 2.45) is 0 Å². The maximum atomic E-state index is 5.02. The first-order chi connectivity index (χ1) is 24.8. The number of aromatic nitrogens is 2. The molecule has 8 aromatic carbocycles. The molecule has 0 unspecified atom stereocenters. The van der Waals surface area contributed by atoms with E-state index in [-0.39, 0.29) is 0 Å². The normalized spacial score (nSPS) is 11.6. The van der Waals surface area contributed by atoms with E-state index in [1.165, 1.54) is 48.6 Å². The monoisotopic (exact) mass is 637 g/mol. The van der Waals surface area contributed by atoms with E-state index in [1.54, 1.807) is 0 Å². The zero-order valence-corrected chi connectivity index (χ0v) is 27.2. The highest BCUT2D eigenvalue weighted by Gasteiger charge is 2.22. The maximum absolute atomic E-state index is 5.02. The Balaban J connectivity index is 1.27. The van der Waals surface area contributed by atoms with Gasteiger partial charge in [-0.05, 0) is 80.8 Å². The van der Waals surface area contributed by atoms with E-state index in [0.29, 0.717) is 0 Å². The molecule has 0 atom stereocenters. The van der Waals surface area contributed by atoms with Crippen LogP contribution >= 0.6 is 0 Å². The number of benzene rings is 8. The number of anilines is 3. The molecular weight excluding hydrogens is 607 g/mol. The fourth-order valence-electron chi connectivity index (χ4n) is 7.70. The van der Waals surface area contributed by atoms with Gasteiger partial charge in [0.1, 0.15) is 0 Å². The van der Waals surface area contributed by atoms with Crippen molar-refractivity contribution in [3.8, 4) is 16.9 Å². The molecule has 3 heteroatoms. The van der Waals surface area contributed by atoms with Crippen molar-refractivity contribution in [2.75, 3.05) is 4.90 Å². The molecule has 0 fully saturated rings. The summed E-state index contributed by atoms with van der Waals surface area (Å²) in [6.45, 7) is 0. The molecule has 0 bridgehead atoms. The van der Waals surface area contributed by atoms with Gasteiger partial charge in [0.2, 0.25) is 0 Å². The van der Waals surface area contributed by atoms with Crippen molar-refractivity contribution in [2.45, 2.75) is 0 Å². The summed E-state index contributed by atoms with van der Waals surface area (Å²) >= 11 is 0. The van der Waals surface area contributed by atoms with Crippen molar-refractivity contribution in [1.82, 2.24) is 9.55 Å². The second-order valence-electron chi connectivity index (χ2n) is 12.8. The van der Waals surface area contributed by atoms with Crippen LogP contribution in [-0.2, 0) is 0 Å². The molecule has 50 heavy (non-hydrogen) atoms. The van der Waals surface area contributed by atoms with Crippen molar-refractivity contribution >= 4 is 71.2 Å². The number of hydrogen-bond acceptors (Lipinski definition) is 2. The molecule has 10 rings (SSSR count). The zero-order chi connectivity index (χ0) is 33.0. The van der Waals surface area contributed by atoms with Crippen LogP contribution in [-0.4, -0.2) is 9.55 Å². The minimum absolute atomic E-state index is 0.947. The first-order valence-corrected chi connectivity index (χ1v) is 17.1. The third-order valence-electron chi connectivity index (χ3n) is 9.99. The molecule has 3 nitrogen and oxygen atoms in total. The van der Waals surface area contributed by atoms with E-state index < -0.39 is 0 Å². The first kappa shape index (κ1) is 28.3. The molecule has 10 aromatic rings. The van der Waals surface area contributed by atoms with Gasteiger partial charge >= 0.3 is 0 Å². The van der Waals surface area contributed by atoms with Gasteiger partial charge in [0.25, 0.3) is 0 Å². The summed E-state index contributed by atoms with van der Waals surface area (Å²) in [6, 6.07) is 65.3. The highest BCUT2D eigenvalue weighted by Crippen LogP contribution is 2.44. The summed E-state index contributed by atoms with van der Waals surface area (Å²) in [5.74, 6) is 0. The number of hydrogen-bond donors (Lipinski definition) is 0. The molecule has 0 aliphatic heterocycles. The lowest BCUT2D eigenvalue weighted by molar-refractivity contribution is 1.16. The molecule has 0 saturated carbocycles. The van der Waals surface area contributed by atoms with Gasteiger partial charge in [0, 0.05) is 27.7 Å². The number of fused-ring (bicyclic) bond motifs is 8. The highest BCUT2D eigenvalue weighted by atomic mass is 15.2. The van der Waals surface area contributed by atoms with Crippen LogP contribution in [0.4, 0.5) is 17.1 Å². The molecule has 2 aromatic heterocycles. The van der Waals surface area contributed by atoms with E-state index in [2.05, 4.69) is 185 Å². The molecule has 0 N–H and O–H groups in total. The van der Waals surface area contributed by atoms with Gasteiger partial charge < -0.3 is 9.47 Å². The van der Waals surface area contributed by atoms with Crippen molar-refractivity contribution < 1.29 is 0 Å². The van der Waals surface area contributed by atoms with E-state index in [4.69, 9.17) is 4.98 Å². The van der Waals surface area contributed by atoms with Crippen molar-refractivity contribution in [3.05, 3.63) is 188 Å². The second-order valence-corrected chi connectivity index (χ2v) is 12.8. The lowest BCUT2D eigenvalue weighted by atomic mass is 9.96. The molecular formula is C47H31N3. The fourth-order valence-corrected chi connectivity index (χ4v) is 7.70. The SMILES string of the molecule is c1ccc(-c2ccc(N(c3ccc4ccc5c6ccccc6ccc5c4c3)c3cccc4c5ccccc5n(-c5ccccc5)c34)cn2)cc1. The number of para-hydroxylation sites is 3. The van der Waals surface area contributed by atoms with Gasteiger partial charge in [-0.1, -0.05) is 133 Å². The van der Waals surface area contributed by atoms with E-state index in [0.717, 1.165) is 39.5 Å². The predicted molar refractivity (Wildman–Crippen MR) is 211 cm³/mol. The number of nitrogens with zero attached hydrogens (tertiary/aromatic N) is 3. The van der Waals surface area contributed by atoms with Gasteiger partial charge in [-0.3, -0.25) is 4.98 Å². The van der Waals surface area contributed by atoms with Gasteiger partial charge in [-0.25, -0.2) is 0 Å². The minimum Gasteiger partial charge on any atom is -0.307 e. The first-order valence-electron chi connectivity index (χ1n) is 17.1. The molecule has 0 radical (unpaired) electrons. The molecule has 2 heterocycles. The van der Waals surface area contributed by atoms with Crippen LogP contribution in [0.2, 0.25) is 0 Å². The predicted octanol–water partition coefficient (Wildman–Crippen LogP) is 12.8. The Morgan fingerprint density at radius 2 is 1.06 bits per heavy atom. The summed E-state index contributed by atoms with van der Waals surface area (Å²) in [4.78, 5) is 7.40. The van der Waals surface area contributed by atoms with Crippen LogP contribution in [0.1, 0.15) is 0 Å². The Hall–Kier alpha value is -6.71. The number of rotatable bonds is 5. The van der Waals surface area contributed by atoms with E-state index >= 15 is 0 Å². The molecule has 0 aliphatic rings. The molecule has 0 amide bonds. The van der Waals surface area contributed by atoms with Crippen molar-refractivity contribution in [3.63, 3.8) is 0 Å². The van der Waals surface area contributed by atoms with Crippen LogP contribution in [0, 0.1) is 0 Å². The van der Waals surface area contributed by atoms with Gasteiger partial charge in [-0.2, -0.15) is 0 Å². The summed E-state index contributed by atoms with van der Waals surface area (Å²) in [7, 11) is 0. The summed E-state index contributed by atoms with van der Waals surface area (Å²) < 4.78 is 2.40. The standard InChI is InChI=1S/C47H31N3/c1-3-13-34(14-4-1)44-29-26-37(31-48-44)49(36-25-22-33-24-27-39-38-17-8-7-12-32(38)23-28-40(39)43(33)30-36)46-21-11-19-42-41-18-9-10-20-45(41)50(47(42)46)35-15-5-2-6-16-35/h1-31H. The van der Waals surface area contributed by atoms with Crippen LogP contribution in [0.15, 0.2) is 188 Å². The molecule has 0 aliphatic carbocycles. The molecule has 234 valence electrons. The maximum Gasteiger partial charge on any atom is 0.0782 e. The van der Waals surface area contributed by atoms with E-state index in [1.807, 2.05) is 12.3 Å². The third-order valence-corrected chi connectivity index (χ3v) is 9.99. The Morgan fingerprint density at radius 1 is 0.420 bits per heavy atom. The third kappa shape index (κ3) is 4.48. The van der Waals surface area contributed by atoms with Crippen molar-refractivity contribution in [1.29, 1.82) is 0 Å². The smallest absolute Gasteiger partial charge is 0.0782 e. The average molecular weight is 638 g/mol. The van der Waals surface area contributed by atoms with Crippen LogP contribution in [0.25, 0.3) is 71.1 Å². The lowest BCUT2D eigenvalue weighted by Crippen LogP contribution is -2.12. The van der Waals surface area contributed by atoms with Crippen LogP contribution in [0.5, 0.6) is 0 Å². The molecule has 0 saturated heterocycles. The highest BCUT2D eigenvalue weighted by molar-refractivity contribution is 6.18. The van der Waals surface area contributed by atoms with Gasteiger partial charge in [0.15, 0.2) is 0 Å². The van der Waals surface area contributed by atoms with Crippen LogP contribution < -0.4 is 4.90 Å². The quantitative estimate of drug-likeness (QED) is 0.175. The largest absolute Gasteiger partial charge is 0.307 e. The molecule has 0 spiro atoms.